The number of benzene rings is 2. The number of fused-ring (bicyclic) bond motifs is 3. The summed E-state index contributed by atoms with van der Waals surface area (Å²) in [5.74, 6) is 0.822. The van der Waals surface area contributed by atoms with E-state index in [-0.39, 0.29) is 17.4 Å². The van der Waals surface area contributed by atoms with E-state index in [1.54, 1.807) is 18.4 Å². The Morgan fingerprint density at radius 3 is 2.64 bits per heavy atom. The lowest BCUT2D eigenvalue weighted by atomic mass is 9.92. The maximum atomic E-state index is 14.5. The number of rotatable bonds is 5. The van der Waals surface area contributed by atoms with Crippen molar-refractivity contribution in [1.82, 2.24) is 19.7 Å². The van der Waals surface area contributed by atoms with Crippen molar-refractivity contribution in [2.45, 2.75) is 45.2 Å². The summed E-state index contributed by atoms with van der Waals surface area (Å²) < 4.78 is 8.41. The van der Waals surface area contributed by atoms with E-state index in [9.17, 15) is 4.79 Å². The molecule has 1 amide bonds. The molecule has 5 aromatic rings. The average molecular weight is 604 g/mol. The van der Waals surface area contributed by atoms with E-state index in [0.29, 0.717) is 18.8 Å². The molecule has 0 fully saturated rings. The van der Waals surface area contributed by atoms with Crippen molar-refractivity contribution in [1.29, 1.82) is 0 Å². The van der Waals surface area contributed by atoms with E-state index < -0.39 is 0 Å². The van der Waals surface area contributed by atoms with E-state index in [0.717, 1.165) is 49.4 Å². The number of halogens is 1. The number of nitrogens with zero attached hydrogens (tertiary/aromatic N) is 3. The normalized spacial score (nSPS) is 15.5. The lowest BCUT2D eigenvalue weighted by Crippen LogP contribution is -2.41. The van der Waals surface area contributed by atoms with Gasteiger partial charge in [0.1, 0.15) is 17.5 Å². The van der Waals surface area contributed by atoms with Crippen LogP contribution in [0.25, 0.3) is 10.9 Å². The van der Waals surface area contributed by atoms with Gasteiger partial charge in [0.05, 0.1) is 19.3 Å². The maximum absolute atomic E-state index is 14.5. The summed E-state index contributed by atoms with van der Waals surface area (Å²) >= 11 is 5.30. The van der Waals surface area contributed by atoms with Gasteiger partial charge in [-0.3, -0.25) is 9.48 Å². The Morgan fingerprint density at radius 2 is 1.95 bits per heavy atom. The molecule has 200 valence electrons. The van der Waals surface area contributed by atoms with Crippen LogP contribution in [-0.2, 0) is 18.4 Å². The van der Waals surface area contributed by atoms with Gasteiger partial charge in [0.25, 0.3) is 5.91 Å². The first-order valence-electron chi connectivity index (χ1n) is 13.1. The number of amides is 1. The van der Waals surface area contributed by atoms with Gasteiger partial charge in [-0.15, -0.1) is 11.3 Å². The van der Waals surface area contributed by atoms with Crippen molar-refractivity contribution in [3.8, 4) is 5.75 Å². The summed E-state index contributed by atoms with van der Waals surface area (Å²) in [7, 11) is 1.69. The molecule has 6 rings (SSSR count). The molecule has 4 heterocycles. The summed E-state index contributed by atoms with van der Waals surface area (Å²) in [6, 6.07) is 20.2. The van der Waals surface area contributed by atoms with Gasteiger partial charge in [-0.25, -0.2) is 0 Å². The number of H-pyrrole nitrogens is 1. The molecular weight excluding hydrogens is 572 g/mol. The Labute approximate surface area is 240 Å². The molecule has 3 aromatic heterocycles. The quantitative estimate of drug-likeness (QED) is 0.229. The van der Waals surface area contributed by atoms with E-state index >= 15 is 0 Å². The molecule has 0 radical (unpaired) electrons. The fourth-order valence-corrected chi connectivity index (χ4v) is 6.92. The van der Waals surface area contributed by atoms with Crippen LogP contribution in [0.3, 0.4) is 0 Å². The first-order chi connectivity index (χ1) is 18.7. The fraction of sp³-hybridized carbons (Fsp3) is 0.290. The van der Waals surface area contributed by atoms with E-state index in [1.165, 1.54) is 5.56 Å². The average Bonchev–Trinajstić information content (AvgIpc) is 3.64. The summed E-state index contributed by atoms with van der Waals surface area (Å²) in [4.78, 5) is 21.3. The van der Waals surface area contributed by atoms with Crippen LogP contribution in [0.5, 0.6) is 5.75 Å². The van der Waals surface area contributed by atoms with Gasteiger partial charge in [-0.2, -0.15) is 5.10 Å². The van der Waals surface area contributed by atoms with Crippen molar-refractivity contribution in [2.24, 2.45) is 0 Å². The number of hydrogen-bond donors (Lipinski definition) is 1. The van der Waals surface area contributed by atoms with E-state index in [4.69, 9.17) is 9.84 Å². The molecule has 1 aliphatic heterocycles. The van der Waals surface area contributed by atoms with E-state index in [1.807, 2.05) is 39.9 Å². The highest BCUT2D eigenvalue weighted by Crippen LogP contribution is 2.42. The van der Waals surface area contributed by atoms with Crippen LogP contribution in [0.4, 0.5) is 0 Å². The molecule has 0 spiro atoms. The molecule has 39 heavy (non-hydrogen) atoms. The molecule has 6 nitrogen and oxygen atoms in total. The number of aromatic amines is 1. The molecule has 1 unspecified atom stereocenters. The largest absolute Gasteiger partial charge is 0.497 e. The summed E-state index contributed by atoms with van der Waals surface area (Å²) in [5, 5.41) is 8.17. The zero-order valence-electron chi connectivity index (χ0n) is 22.5. The Bertz CT molecular complexity index is 1660. The van der Waals surface area contributed by atoms with Crippen LogP contribution in [0.15, 0.2) is 70.5 Å². The van der Waals surface area contributed by atoms with Crippen LogP contribution >= 0.6 is 27.3 Å². The number of aromatic nitrogens is 3. The standard InChI is InChI=1S/C31H31BrN4O2S/c1-31(2,3)27-16-25(36(34-27)17-19-8-6-5-7-9-19)30(37)35-13-12-22-23-15-21(38-4)10-11-24(23)33-28(22)29(35)26-14-20(32)18-39-26/h5-11,14-16,18,29,33H,12-13,17H2,1-4H3. The third-order valence-electron chi connectivity index (χ3n) is 7.39. The van der Waals surface area contributed by atoms with Gasteiger partial charge >= 0.3 is 0 Å². The summed E-state index contributed by atoms with van der Waals surface area (Å²) in [5.41, 5.74) is 5.82. The van der Waals surface area contributed by atoms with E-state index in [2.05, 4.69) is 77.4 Å². The third-order valence-corrected chi connectivity index (χ3v) is 9.14. The fourth-order valence-electron chi connectivity index (χ4n) is 5.36. The molecule has 8 heteroatoms. The van der Waals surface area contributed by atoms with Crippen LogP contribution in [-0.4, -0.2) is 39.2 Å². The van der Waals surface area contributed by atoms with Crippen molar-refractivity contribution in [3.63, 3.8) is 0 Å². The number of thiophene rings is 1. The number of hydrogen-bond acceptors (Lipinski definition) is 4. The van der Waals surface area contributed by atoms with Gasteiger partial charge in [0, 0.05) is 43.3 Å². The van der Waals surface area contributed by atoms with Crippen molar-refractivity contribution < 1.29 is 9.53 Å². The predicted octanol–water partition coefficient (Wildman–Crippen LogP) is 7.33. The van der Waals surface area contributed by atoms with Gasteiger partial charge in [-0.05, 0) is 63.8 Å². The highest BCUT2D eigenvalue weighted by molar-refractivity contribution is 9.10. The zero-order chi connectivity index (χ0) is 27.3. The second kappa shape index (κ2) is 9.99. The maximum Gasteiger partial charge on any atom is 0.273 e. The Kier molecular flexibility index (Phi) is 6.63. The third kappa shape index (κ3) is 4.80. The highest BCUT2D eigenvalue weighted by Gasteiger charge is 2.37. The minimum atomic E-state index is -0.228. The smallest absolute Gasteiger partial charge is 0.273 e. The number of carbonyl (C=O) groups excluding carboxylic acids is 1. The van der Waals surface area contributed by atoms with Crippen molar-refractivity contribution in [3.05, 3.63) is 104 Å². The van der Waals surface area contributed by atoms with Crippen LogP contribution in [0.2, 0.25) is 0 Å². The molecule has 0 aliphatic carbocycles. The summed E-state index contributed by atoms with van der Waals surface area (Å²) in [6.07, 6.45) is 0.760. The second-order valence-corrected chi connectivity index (χ2v) is 12.9. The second-order valence-electron chi connectivity index (χ2n) is 11.1. The van der Waals surface area contributed by atoms with Gasteiger partial charge in [0.15, 0.2) is 0 Å². The van der Waals surface area contributed by atoms with Crippen LogP contribution in [0.1, 0.15) is 64.7 Å². The number of carbonyl (C=O) groups is 1. The molecule has 0 saturated heterocycles. The number of methoxy groups -OCH3 is 1. The molecule has 1 N–H and O–H groups in total. The molecule has 0 bridgehead atoms. The Balaban J connectivity index is 1.46. The highest BCUT2D eigenvalue weighted by atomic mass is 79.9. The zero-order valence-corrected chi connectivity index (χ0v) is 24.9. The van der Waals surface area contributed by atoms with Crippen molar-refractivity contribution >= 4 is 44.1 Å². The van der Waals surface area contributed by atoms with Gasteiger partial charge in [0.2, 0.25) is 0 Å². The van der Waals surface area contributed by atoms with Crippen molar-refractivity contribution in [2.75, 3.05) is 13.7 Å². The SMILES string of the molecule is COc1ccc2[nH]c3c(c2c1)CCN(C(=O)c1cc(C(C)(C)C)nn1Cc1ccccc1)C3c1cc(Br)cs1. The predicted molar refractivity (Wildman–Crippen MR) is 160 cm³/mol. The molecule has 0 saturated carbocycles. The Hall–Kier alpha value is -3.36. The minimum absolute atomic E-state index is 0.00894. The molecule has 1 atom stereocenters. The lowest BCUT2D eigenvalue weighted by molar-refractivity contribution is 0.0682. The number of ether oxygens (including phenoxy) is 1. The summed E-state index contributed by atoms with van der Waals surface area (Å²) in [6.45, 7) is 7.55. The molecular formula is C31H31BrN4O2S. The van der Waals surface area contributed by atoms with Crippen LogP contribution < -0.4 is 4.74 Å². The monoisotopic (exact) mass is 602 g/mol. The first-order valence-corrected chi connectivity index (χ1v) is 14.8. The van der Waals surface area contributed by atoms with Gasteiger partial charge in [-0.1, -0.05) is 51.1 Å². The van der Waals surface area contributed by atoms with Crippen LogP contribution in [0, 0.1) is 0 Å². The van der Waals surface area contributed by atoms with Gasteiger partial charge < -0.3 is 14.6 Å². The topological polar surface area (TPSA) is 63.1 Å². The first kappa shape index (κ1) is 25.9. The molecule has 1 aliphatic rings. The number of nitrogens with one attached hydrogen (secondary N) is 1. The minimum Gasteiger partial charge on any atom is -0.497 e. The Morgan fingerprint density at radius 1 is 1.15 bits per heavy atom. The molecule has 2 aromatic carbocycles. The lowest BCUT2D eigenvalue weighted by Gasteiger charge is -2.35.